The topological polar surface area (TPSA) is 50.3 Å². The summed E-state index contributed by atoms with van der Waals surface area (Å²) < 4.78 is 5.80. The van der Waals surface area contributed by atoms with Crippen LogP contribution < -0.4 is 10.2 Å². The zero-order chi connectivity index (χ0) is 14.3. The van der Waals surface area contributed by atoms with Gasteiger partial charge in [-0.2, -0.15) is 0 Å². The minimum absolute atomic E-state index is 0.116. The first kappa shape index (κ1) is 13.6. The normalized spacial score (nSPS) is 21.9. The molecule has 1 aliphatic carbocycles. The van der Waals surface area contributed by atoms with Gasteiger partial charge >= 0.3 is 0 Å². The second-order valence-corrected chi connectivity index (χ2v) is 6.43. The van der Waals surface area contributed by atoms with Gasteiger partial charge in [-0.25, -0.2) is 9.97 Å². The molecule has 2 aliphatic rings. The number of ether oxygens (including phenoxy) is 1. The van der Waals surface area contributed by atoms with Crippen molar-refractivity contribution in [1.29, 1.82) is 0 Å². The average Bonchev–Trinajstić information content (AvgIpc) is 3.22. The number of anilines is 2. The van der Waals surface area contributed by atoms with Crippen molar-refractivity contribution in [3.63, 3.8) is 0 Å². The van der Waals surface area contributed by atoms with E-state index < -0.39 is 0 Å². The highest BCUT2D eigenvalue weighted by Gasteiger charge is 2.32. The van der Waals surface area contributed by atoms with Gasteiger partial charge in [-0.1, -0.05) is 0 Å². The van der Waals surface area contributed by atoms with Crippen molar-refractivity contribution in [3.05, 3.63) is 11.4 Å². The molecule has 0 spiro atoms. The Hall–Kier alpha value is -1.36. The smallest absolute Gasteiger partial charge is 0.137 e. The largest absolute Gasteiger partial charge is 0.373 e. The van der Waals surface area contributed by atoms with Crippen LogP contribution in [-0.4, -0.2) is 42.3 Å². The lowest BCUT2D eigenvalue weighted by Gasteiger charge is -2.39. The quantitative estimate of drug-likeness (QED) is 0.918. The molecule has 0 amide bonds. The molecule has 1 aromatic heterocycles. The van der Waals surface area contributed by atoms with E-state index in [-0.39, 0.29) is 5.60 Å². The lowest BCUT2D eigenvalue weighted by atomic mass is 10.1. The summed E-state index contributed by atoms with van der Waals surface area (Å²) in [5.41, 5.74) is 1.02. The maximum atomic E-state index is 5.80. The van der Waals surface area contributed by atoms with E-state index in [1.54, 1.807) is 0 Å². The van der Waals surface area contributed by atoms with Gasteiger partial charge in [-0.3, -0.25) is 0 Å². The number of morpholine rings is 1. The molecule has 20 heavy (non-hydrogen) atoms. The first-order valence-corrected chi connectivity index (χ1v) is 7.45. The van der Waals surface area contributed by atoms with Crippen LogP contribution in [-0.2, 0) is 4.74 Å². The zero-order valence-electron chi connectivity index (χ0n) is 12.9. The van der Waals surface area contributed by atoms with Gasteiger partial charge in [0.1, 0.15) is 17.5 Å². The van der Waals surface area contributed by atoms with E-state index in [1.807, 2.05) is 7.05 Å². The predicted molar refractivity (Wildman–Crippen MR) is 80.5 cm³/mol. The maximum Gasteiger partial charge on any atom is 0.137 e. The molecule has 0 unspecified atom stereocenters. The van der Waals surface area contributed by atoms with E-state index in [0.717, 1.165) is 42.7 Å². The van der Waals surface area contributed by atoms with Gasteiger partial charge in [0, 0.05) is 31.6 Å². The van der Waals surface area contributed by atoms with Crippen molar-refractivity contribution < 1.29 is 4.74 Å². The molecule has 0 atom stereocenters. The standard InChI is InChI=1S/C15H24N4O/c1-10-12(16-4)17-13(11-5-6-11)18-14(10)19-7-8-20-15(2,3)9-19/h11H,5-9H2,1-4H3,(H,16,17,18). The van der Waals surface area contributed by atoms with Gasteiger partial charge in [0.2, 0.25) is 0 Å². The Labute approximate surface area is 120 Å². The van der Waals surface area contributed by atoms with Crippen molar-refractivity contribution in [2.75, 3.05) is 37.0 Å². The Bertz CT molecular complexity index is 511. The van der Waals surface area contributed by atoms with Crippen LogP contribution in [0, 0.1) is 6.92 Å². The van der Waals surface area contributed by atoms with Crippen LogP contribution >= 0.6 is 0 Å². The Balaban J connectivity index is 1.96. The van der Waals surface area contributed by atoms with Gasteiger partial charge in [0.25, 0.3) is 0 Å². The van der Waals surface area contributed by atoms with Gasteiger partial charge in [0.05, 0.1) is 12.2 Å². The SMILES string of the molecule is CNc1nc(C2CC2)nc(N2CCOC(C)(C)C2)c1C. The molecule has 1 saturated carbocycles. The molecular formula is C15H24N4O. The Kier molecular flexibility index (Phi) is 3.32. The van der Waals surface area contributed by atoms with Gasteiger partial charge in [-0.15, -0.1) is 0 Å². The highest BCUT2D eigenvalue weighted by atomic mass is 16.5. The number of hydrogen-bond donors (Lipinski definition) is 1. The van der Waals surface area contributed by atoms with Crippen LogP contribution in [0.4, 0.5) is 11.6 Å². The monoisotopic (exact) mass is 276 g/mol. The molecular weight excluding hydrogens is 252 g/mol. The highest BCUT2D eigenvalue weighted by Crippen LogP contribution is 2.40. The molecule has 0 radical (unpaired) electrons. The van der Waals surface area contributed by atoms with Gasteiger partial charge in [-0.05, 0) is 33.6 Å². The minimum atomic E-state index is -0.116. The third-order valence-corrected chi connectivity index (χ3v) is 4.04. The molecule has 2 heterocycles. The minimum Gasteiger partial charge on any atom is -0.373 e. The van der Waals surface area contributed by atoms with Crippen molar-refractivity contribution in [1.82, 2.24) is 9.97 Å². The van der Waals surface area contributed by atoms with E-state index in [2.05, 4.69) is 36.0 Å². The molecule has 1 saturated heterocycles. The molecule has 0 aromatic carbocycles. The van der Waals surface area contributed by atoms with Crippen LogP contribution in [0.1, 0.15) is 44.0 Å². The van der Waals surface area contributed by atoms with E-state index in [0.29, 0.717) is 5.92 Å². The van der Waals surface area contributed by atoms with Crippen molar-refractivity contribution in [3.8, 4) is 0 Å². The molecule has 1 aliphatic heterocycles. The van der Waals surface area contributed by atoms with E-state index >= 15 is 0 Å². The molecule has 1 N–H and O–H groups in total. The summed E-state index contributed by atoms with van der Waals surface area (Å²) in [7, 11) is 1.93. The van der Waals surface area contributed by atoms with E-state index in [4.69, 9.17) is 9.72 Å². The summed E-state index contributed by atoms with van der Waals surface area (Å²) in [5, 5.41) is 3.21. The Morgan fingerprint density at radius 2 is 2.05 bits per heavy atom. The lowest BCUT2D eigenvalue weighted by molar-refractivity contribution is -0.0279. The number of nitrogens with zero attached hydrogens (tertiary/aromatic N) is 3. The second kappa shape index (κ2) is 4.88. The Morgan fingerprint density at radius 1 is 1.30 bits per heavy atom. The molecule has 110 valence electrons. The number of nitrogens with one attached hydrogen (secondary N) is 1. The van der Waals surface area contributed by atoms with Crippen molar-refractivity contribution in [2.24, 2.45) is 0 Å². The summed E-state index contributed by atoms with van der Waals surface area (Å²) in [6, 6.07) is 0. The molecule has 1 aromatic rings. The van der Waals surface area contributed by atoms with Crippen LogP contribution in [0.25, 0.3) is 0 Å². The highest BCUT2D eigenvalue weighted by molar-refractivity contribution is 5.59. The fourth-order valence-corrected chi connectivity index (χ4v) is 2.79. The van der Waals surface area contributed by atoms with E-state index in [9.17, 15) is 0 Å². The molecule has 5 nitrogen and oxygen atoms in total. The lowest BCUT2D eigenvalue weighted by Crippen LogP contribution is -2.49. The van der Waals surface area contributed by atoms with Crippen molar-refractivity contribution >= 4 is 11.6 Å². The Morgan fingerprint density at radius 3 is 2.65 bits per heavy atom. The first-order valence-electron chi connectivity index (χ1n) is 7.45. The van der Waals surface area contributed by atoms with Crippen molar-refractivity contribution in [2.45, 2.75) is 45.1 Å². The third-order valence-electron chi connectivity index (χ3n) is 4.04. The molecule has 2 fully saturated rings. The van der Waals surface area contributed by atoms with Crippen LogP contribution in [0.3, 0.4) is 0 Å². The van der Waals surface area contributed by atoms with Gasteiger partial charge < -0.3 is 15.0 Å². The first-order chi connectivity index (χ1) is 9.50. The summed E-state index contributed by atoms with van der Waals surface area (Å²) in [6.07, 6.45) is 2.44. The van der Waals surface area contributed by atoms with E-state index in [1.165, 1.54) is 12.8 Å². The summed E-state index contributed by atoms with van der Waals surface area (Å²) >= 11 is 0. The third kappa shape index (κ3) is 2.59. The van der Waals surface area contributed by atoms with Crippen LogP contribution in [0.5, 0.6) is 0 Å². The fraction of sp³-hybridized carbons (Fsp3) is 0.733. The number of rotatable bonds is 3. The summed E-state index contributed by atoms with van der Waals surface area (Å²) in [4.78, 5) is 11.9. The summed E-state index contributed by atoms with van der Waals surface area (Å²) in [6.45, 7) is 8.89. The molecule has 5 heteroatoms. The maximum absolute atomic E-state index is 5.80. The fourth-order valence-electron chi connectivity index (χ4n) is 2.79. The van der Waals surface area contributed by atoms with Gasteiger partial charge in [0.15, 0.2) is 0 Å². The zero-order valence-corrected chi connectivity index (χ0v) is 12.9. The van der Waals surface area contributed by atoms with Crippen LogP contribution in [0.15, 0.2) is 0 Å². The predicted octanol–water partition coefficient (Wildman–Crippen LogP) is 2.32. The summed E-state index contributed by atoms with van der Waals surface area (Å²) in [5.74, 6) is 3.60. The van der Waals surface area contributed by atoms with Crippen LogP contribution in [0.2, 0.25) is 0 Å². The average molecular weight is 276 g/mol. The molecule has 0 bridgehead atoms. The number of aromatic nitrogens is 2. The molecule has 3 rings (SSSR count). The number of hydrogen-bond acceptors (Lipinski definition) is 5. The second-order valence-electron chi connectivity index (χ2n) is 6.43.